The normalized spacial score (nSPS) is 27.5. The van der Waals surface area contributed by atoms with Gasteiger partial charge in [-0.05, 0) is 40.4 Å². The van der Waals surface area contributed by atoms with E-state index in [9.17, 15) is 4.79 Å². The van der Waals surface area contributed by atoms with Gasteiger partial charge in [-0.1, -0.05) is 6.92 Å². The molecule has 1 fully saturated rings. The molecule has 112 valence electrons. The fourth-order valence-electron chi connectivity index (χ4n) is 2.84. The highest BCUT2D eigenvalue weighted by molar-refractivity contribution is 5.80. The smallest absolute Gasteiger partial charge is 0.325 e. The molecule has 0 spiro atoms. The second-order valence-electron chi connectivity index (χ2n) is 6.09. The Labute approximate surface area is 117 Å². The summed E-state index contributed by atoms with van der Waals surface area (Å²) < 4.78 is 4.87. The molecule has 3 atom stereocenters. The van der Waals surface area contributed by atoms with Crippen LogP contribution >= 0.6 is 0 Å². The summed E-state index contributed by atoms with van der Waals surface area (Å²) >= 11 is 0. The van der Waals surface area contributed by atoms with Gasteiger partial charge in [-0.2, -0.15) is 0 Å². The van der Waals surface area contributed by atoms with E-state index in [1.54, 1.807) is 0 Å². The molecule has 19 heavy (non-hydrogen) atoms. The molecule has 1 rings (SSSR count). The Kier molecular flexibility index (Phi) is 5.77. The van der Waals surface area contributed by atoms with E-state index in [-0.39, 0.29) is 5.97 Å². The SMILES string of the molecule is CNC(C)(CCN1CC(C)C(N(C)C)C1)C(=O)OC. The minimum absolute atomic E-state index is 0.189. The number of ether oxygens (including phenoxy) is 1. The number of nitrogens with zero attached hydrogens (tertiary/aromatic N) is 2. The summed E-state index contributed by atoms with van der Waals surface area (Å²) in [7, 11) is 7.53. The van der Waals surface area contributed by atoms with Crippen molar-refractivity contribution in [3.63, 3.8) is 0 Å². The summed E-state index contributed by atoms with van der Waals surface area (Å²) in [6.07, 6.45) is 0.767. The molecule has 1 N–H and O–H groups in total. The predicted molar refractivity (Wildman–Crippen MR) is 77.2 cm³/mol. The Balaban J connectivity index is 2.51. The molecule has 3 unspecified atom stereocenters. The van der Waals surface area contributed by atoms with Gasteiger partial charge >= 0.3 is 5.97 Å². The molecule has 0 aromatic rings. The highest BCUT2D eigenvalue weighted by Gasteiger charge is 2.35. The summed E-state index contributed by atoms with van der Waals surface area (Å²) in [6, 6.07) is 0.610. The molecule has 1 heterocycles. The summed E-state index contributed by atoms with van der Waals surface area (Å²) in [5, 5.41) is 3.09. The molecule has 0 aromatic carbocycles. The average Bonchev–Trinajstić information content (AvgIpc) is 2.76. The number of carbonyl (C=O) groups excluding carboxylic acids is 1. The van der Waals surface area contributed by atoms with Crippen LogP contribution in [-0.4, -0.2) is 75.2 Å². The fourth-order valence-corrected chi connectivity index (χ4v) is 2.84. The zero-order valence-corrected chi connectivity index (χ0v) is 13.2. The van der Waals surface area contributed by atoms with Crippen molar-refractivity contribution >= 4 is 5.97 Å². The van der Waals surface area contributed by atoms with Crippen molar-refractivity contribution in [2.24, 2.45) is 5.92 Å². The summed E-state index contributed by atoms with van der Waals surface area (Å²) in [4.78, 5) is 16.5. The van der Waals surface area contributed by atoms with Gasteiger partial charge in [0.05, 0.1) is 7.11 Å². The number of nitrogens with one attached hydrogen (secondary N) is 1. The van der Waals surface area contributed by atoms with Crippen LogP contribution in [0.1, 0.15) is 20.3 Å². The minimum atomic E-state index is -0.589. The van der Waals surface area contributed by atoms with Crippen molar-refractivity contribution in [2.75, 3.05) is 47.9 Å². The maximum absolute atomic E-state index is 11.8. The molecule has 0 amide bonds. The third-order valence-corrected chi connectivity index (χ3v) is 4.43. The highest BCUT2D eigenvalue weighted by Crippen LogP contribution is 2.21. The lowest BCUT2D eigenvalue weighted by molar-refractivity contribution is -0.148. The van der Waals surface area contributed by atoms with Gasteiger partial charge in [-0.3, -0.25) is 4.79 Å². The molecule has 5 heteroatoms. The number of hydrogen-bond donors (Lipinski definition) is 1. The van der Waals surface area contributed by atoms with Crippen LogP contribution in [0.3, 0.4) is 0 Å². The summed E-state index contributed by atoms with van der Waals surface area (Å²) in [6.45, 7) is 7.30. The van der Waals surface area contributed by atoms with Crippen molar-refractivity contribution in [1.82, 2.24) is 15.1 Å². The van der Waals surface area contributed by atoms with Crippen LogP contribution in [0.25, 0.3) is 0 Å². The summed E-state index contributed by atoms with van der Waals surface area (Å²) in [5.74, 6) is 0.486. The fraction of sp³-hybridized carbons (Fsp3) is 0.929. The summed E-state index contributed by atoms with van der Waals surface area (Å²) in [5.41, 5.74) is -0.589. The largest absolute Gasteiger partial charge is 0.468 e. The van der Waals surface area contributed by atoms with Crippen molar-refractivity contribution in [3.05, 3.63) is 0 Å². The Bertz CT molecular complexity index is 309. The first-order valence-electron chi connectivity index (χ1n) is 7.00. The molecule has 0 aromatic heterocycles. The van der Waals surface area contributed by atoms with E-state index in [0.717, 1.165) is 26.1 Å². The van der Waals surface area contributed by atoms with Gasteiger partial charge in [0.1, 0.15) is 5.54 Å². The van der Waals surface area contributed by atoms with Crippen LogP contribution in [0.5, 0.6) is 0 Å². The number of hydrogen-bond acceptors (Lipinski definition) is 5. The van der Waals surface area contributed by atoms with Gasteiger partial charge in [0.25, 0.3) is 0 Å². The molecule has 5 nitrogen and oxygen atoms in total. The number of carbonyl (C=O) groups is 1. The van der Waals surface area contributed by atoms with E-state index in [1.165, 1.54) is 7.11 Å². The third kappa shape index (κ3) is 3.91. The Morgan fingerprint density at radius 2 is 2.11 bits per heavy atom. The maximum Gasteiger partial charge on any atom is 0.325 e. The van der Waals surface area contributed by atoms with Gasteiger partial charge in [-0.25, -0.2) is 0 Å². The number of likely N-dealkylation sites (tertiary alicyclic amines) is 1. The van der Waals surface area contributed by atoms with Crippen LogP contribution in [0.15, 0.2) is 0 Å². The quantitative estimate of drug-likeness (QED) is 0.709. The van der Waals surface area contributed by atoms with Crippen LogP contribution in [0, 0.1) is 5.92 Å². The Hall–Kier alpha value is -0.650. The highest BCUT2D eigenvalue weighted by atomic mass is 16.5. The second-order valence-corrected chi connectivity index (χ2v) is 6.09. The minimum Gasteiger partial charge on any atom is -0.468 e. The standard InChI is InChI=1S/C14H29N3O2/c1-11-9-17(10-12(11)16(4)5)8-7-14(2,15-3)13(18)19-6/h11-12,15H,7-10H2,1-6H3. The van der Waals surface area contributed by atoms with Crippen molar-refractivity contribution < 1.29 is 9.53 Å². The van der Waals surface area contributed by atoms with Gasteiger partial charge in [0, 0.05) is 25.7 Å². The van der Waals surface area contributed by atoms with Crippen LogP contribution < -0.4 is 5.32 Å². The van der Waals surface area contributed by atoms with Gasteiger partial charge in [-0.15, -0.1) is 0 Å². The average molecular weight is 271 g/mol. The van der Waals surface area contributed by atoms with E-state index in [2.05, 4.69) is 36.1 Å². The first kappa shape index (κ1) is 16.4. The monoisotopic (exact) mass is 271 g/mol. The molecule has 1 aliphatic heterocycles. The van der Waals surface area contributed by atoms with E-state index in [1.807, 2.05) is 14.0 Å². The number of rotatable bonds is 6. The van der Waals surface area contributed by atoms with Crippen LogP contribution in [0.4, 0.5) is 0 Å². The lowest BCUT2D eigenvalue weighted by atomic mass is 9.98. The van der Waals surface area contributed by atoms with Gasteiger partial charge < -0.3 is 19.9 Å². The molecule has 0 saturated carbocycles. The molecule has 0 aliphatic carbocycles. The van der Waals surface area contributed by atoms with Crippen LogP contribution in [-0.2, 0) is 9.53 Å². The first-order chi connectivity index (χ1) is 8.84. The van der Waals surface area contributed by atoms with E-state index >= 15 is 0 Å². The lowest BCUT2D eigenvalue weighted by Gasteiger charge is -2.28. The van der Waals surface area contributed by atoms with Crippen molar-refractivity contribution in [2.45, 2.75) is 31.8 Å². The zero-order chi connectivity index (χ0) is 14.6. The lowest BCUT2D eigenvalue weighted by Crippen LogP contribution is -2.50. The molecule has 1 aliphatic rings. The van der Waals surface area contributed by atoms with E-state index in [0.29, 0.717) is 12.0 Å². The van der Waals surface area contributed by atoms with Crippen molar-refractivity contribution in [3.8, 4) is 0 Å². The number of likely N-dealkylation sites (N-methyl/N-ethyl adjacent to an activating group) is 2. The van der Waals surface area contributed by atoms with Gasteiger partial charge in [0.2, 0.25) is 0 Å². The molecule has 0 radical (unpaired) electrons. The zero-order valence-electron chi connectivity index (χ0n) is 13.2. The maximum atomic E-state index is 11.8. The topological polar surface area (TPSA) is 44.8 Å². The second kappa shape index (κ2) is 6.68. The van der Waals surface area contributed by atoms with E-state index < -0.39 is 5.54 Å². The molecule has 1 saturated heterocycles. The Morgan fingerprint density at radius 1 is 1.47 bits per heavy atom. The first-order valence-corrected chi connectivity index (χ1v) is 7.00. The molecular weight excluding hydrogens is 242 g/mol. The van der Waals surface area contributed by atoms with Gasteiger partial charge in [0.15, 0.2) is 0 Å². The molecular formula is C14H29N3O2. The molecule has 0 bridgehead atoms. The van der Waals surface area contributed by atoms with Crippen LogP contribution in [0.2, 0.25) is 0 Å². The van der Waals surface area contributed by atoms with E-state index in [4.69, 9.17) is 4.74 Å². The number of methoxy groups -OCH3 is 1. The number of esters is 1. The predicted octanol–water partition coefficient (Wildman–Crippen LogP) is 0.410. The third-order valence-electron chi connectivity index (χ3n) is 4.43. The Morgan fingerprint density at radius 3 is 2.53 bits per heavy atom. The van der Waals surface area contributed by atoms with Crippen molar-refractivity contribution in [1.29, 1.82) is 0 Å².